The molecule has 0 heterocycles. The highest BCUT2D eigenvalue weighted by Crippen LogP contribution is 2.29. The standard InChI is InChI=1S/C16H26N2O2/c1-5-8-13(11-17)16(19)18(3)12(2)14-9-6-7-10-15(14)20-4/h6-7,9-10,12-13H,5,8,11,17H2,1-4H3. The van der Waals surface area contributed by atoms with Crippen molar-refractivity contribution in [1.29, 1.82) is 0 Å². The highest BCUT2D eigenvalue weighted by molar-refractivity contribution is 5.79. The first kappa shape index (κ1) is 16.5. The van der Waals surface area contributed by atoms with E-state index in [2.05, 4.69) is 6.92 Å². The minimum atomic E-state index is -0.0952. The smallest absolute Gasteiger partial charge is 0.227 e. The zero-order chi connectivity index (χ0) is 15.1. The molecule has 0 radical (unpaired) electrons. The average molecular weight is 278 g/mol. The van der Waals surface area contributed by atoms with Crippen LogP contribution in [0.15, 0.2) is 24.3 Å². The van der Waals surface area contributed by atoms with Crippen molar-refractivity contribution in [2.75, 3.05) is 20.7 Å². The zero-order valence-corrected chi connectivity index (χ0v) is 12.9. The molecule has 1 aromatic carbocycles. The van der Waals surface area contributed by atoms with E-state index in [1.807, 2.05) is 38.2 Å². The number of rotatable bonds is 7. The molecular weight excluding hydrogens is 252 g/mol. The first-order valence-corrected chi connectivity index (χ1v) is 7.16. The molecular formula is C16H26N2O2. The van der Waals surface area contributed by atoms with Crippen LogP contribution in [-0.4, -0.2) is 31.5 Å². The van der Waals surface area contributed by atoms with Gasteiger partial charge in [0, 0.05) is 19.2 Å². The molecule has 0 saturated heterocycles. The summed E-state index contributed by atoms with van der Waals surface area (Å²) in [6.45, 7) is 4.48. The lowest BCUT2D eigenvalue weighted by molar-refractivity contribution is -0.136. The predicted octanol–water partition coefficient (Wildman–Crippen LogP) is 2.59. The zero-order valence-electron chi connectivity index (χ0n) is 12.9. The summed E-state index contributed by atoms with van der Waals surface area (Å²) in [5, 5.41) is 0. The van der Waals surface area contributed by atoms with Crippen molar-refractivity contribution in [2.24, 2.45) is 11.7 Å². The van der Waals surface area contributed by atoms with Gasteiger partial charge in [-0.25, -0.2) is 0 Å². The van der Waals surface area contributed by atoms with Gasteiger partial charge in [0.2, 0.25) is 5.91 Å². The van der Waals surface area contributed by atoms with Gasteiger partial charge in [-0.3, -0.25) is 4.79 Å². The number of hydrogen-bond acceptors (Lipinski definition) is 3. The van der Waals surface area contributed by atoms with Gasteiger partial charge in [0.15, 0.2) is 0 Å². The van der Waals surface area contributed by atoms with Gasteiger partial charge in [-0.1, -0.05) is 31.5 Å². The number of nitrogens with two attached hydrogens (primary N) is 1. The van der Waals surface area contributed by atoms with E-state index in [-0.39, 0.29) is 17.9 Å². The number of carbonyl (C=O) groups excluding carboxylic acids is 1. The lowest BCUT2D eigenvalue weighted by Gasteiger charge is -2.29. The molecule has 0 aromatic heterocycles. The van der Waals surface area contributed by atoms with Gasteiger partial charge in [-0.15, -0.1) is 0 Å². The van der Waals surface area contributed by atoms with E-state index in [1.54, 1.807) is 12.0 Å². The number of nitrogens with zero attached hydrogens (tertiary/aromatic N) is 1. The Morgan fingerprint density at radius 1 is 1.40 bits per heavy atom. The summed E-state index contributed by atoms with van der Waals surface area (Å²) in [7, 11) is 3.48. The summed E-state index contributed by atoms with van der Waals surface area (Å²) in [6, 6.07) is 7.75. The van der Waals surface area contributed by atoms with Gasteiger partial charge in [0.25, 0.3) is 0 Å². The minimum absolute atomic E-state index is 0.0374. The third-order valence-corrected chi connectivity index (χ3v) is 3.79. The lowest BCUT2D eigenvalue weighted by atomic mass is 9.99. The Balaban J connectivity index is 2.90. The van der Waals surface area contributed by atoms with Crippen molar-refractivity contribution in [3.8, 4) is 5.75 Å². The quantitative estimate of drug-likeness (QED) is 0.834. The Kier molecular flexibility index (Phi) is 6.52. The molecule has 1 amide bonds. The molecule has 4 heteroatoms. The fourth-order valence-electron chi connectivity index (χ4n) is 2.39. The minimum Gasteiger partial charge on any atom is -0.496 e. The Bertz CT molecular complexity index is 434. The first-order chi connectivity index (χ1) is 9.56. The molecule has 112 valence electrons. The van der Waals surface area contributed by atoms with Crippen molar-refractivity contribution in [1.82, 2.24) is 4.90 Å². The van der Waals surface area contributed by atoms with E-state index < -0.39 is 0 Å². The van der Waals surface area contributed by atoms with Crippen LogP contribution in [0.4, 0.5) is 0 Å². The predicted molar refractivity (Wildman–Crippen MR) is 81.6 cm³/mol. The van der Waals surface area contributed by atoms with Crippen molar-refractivity contribution in [2.45, 2.75) is 32.7 Å². The second kappa shape index (κ2) is 7.90. The van der Waals surface area contributed by atoms with Crippen LogP contribution in [0, 0.1) is 5.92 Å². The van der Waals surface area contributed by atoms with Crippen LogP contribution < -0.4 is 10.5 Å². The van der Waals surface area contributed by atoms with Gasteiger partial charge in [0.05, 0.1) is 19.1 Å². The largest absolute Gasteiger partial charge is 0.496 e. The molecule has 2 unspecified atom stereocenters. The average Bonchev–Trinajstić information content (AvgIpc) is 2.50. The monoisotopic (exact) mass is 278 g/mol. The molecule has 1 aromatic rings. The molecule has 0 saturated carbocycles. The SMILES string of the molecule is CCCC(CN)C(=O)N(C)C(C)c1ccccc1OC. The molecule has 2 atom stereocenters. The maximum atomic E-state index is 12.5. The van der Waals surface area contributed by atoms with Crippen LogP contribution in [0.2, 0.25) is 0 Å². The van der Waals surface area contributed by atoms with Gasteiger partial charge in [-0.05, 0) is 19.4 Å². The van der Waals surface area contributed by atoms with Gasteiger partial charge in [-0.2, -0.15) is 0 Å². The molecule has 0 aliphatic rings. The van der Waals surface area contributed by atoms with E-state index in [0.717, 1.165) is 24.2 Å². The van der Waals surface area contributed by atoms with Gasteiger partial charge < -0.3 is 15.4 Å². The number of methoxy groups -OCH3 is 1. The van der Waals surface area contributed by atoms with E-state index in [0.29, 0.717) is 6.54 Å². The summed E-state index contributed by atoms with van der Waals surface area (Å²) in [6.07, 6.45) is 1.79. The molecule has 0 bridgehead atoms. The Hall–Kier alpha value is -1.55. The van der Waals surface area contributed by atoms with Crippen LogP contribution >= 0.6 is 0 Å². The van der Waals surface area contributed by atoms with Crippen LogP contribution in [0.25, 0.3) is 0 Å². The van der Waals surface area contributed by atoms with Crippen molar-refractivity contribution < 1.29 is 9.53 Å². The normalized spacial score (nSPS) is 13.7. The summed E-state index contributed by atoms with van der Waals surface area (Å²) < 4.78 is 5.37. The number of carbonyl (C=O) groups is 1. The maximum absolute atomic E-state index is 12.5. The summed E-state index contributed by atoms with van der Waals surface area (Å²) in [5.74, 6) is 0.814. The van der Waals surface area contributed by atoms with E-state index >= 15 is 0 Å². The first-order valence-electron chi connectivity index (χ1n) is 7.16. The maximum Gasteiger partial charge on any atom is 0.227 e. The fraction of sp³-hybridized carbons (Fsp3) is 0.562. The van der Waals surface area contributed by atoms with Crippen molar-refractivity contribution >= 4 is 5.91 Å². The lowest BCUT2D eigenvalue weighted by Crippen LogP contribution is -2.38. The van der Waals surface area contributed by atoms with Gasteiger partial charge >= 0.3 is 0 Å². The van der Waals surface area contributed by atoms with Crippen molar-refractivity contribution in [3.05, 3.63) is 29.8 Å². The van der Waals surface area contributed by atoms with Crippen LogP contribution in [0.1, 0.15) is 38.3 Å². The number of para-hydroxylation sites is 1. The summed E-state index contributed by atoms with van der Waals surface area (Å²) >= 11 is 0. The molecule has 4 nitrogen and oxygen atoms in total. The fourth-order valence-corrected chi connectivity index (χ4v) is 2.39. The molecule has 0 aliphatic carbocycles. The Labute approximate surface area is 121 Å². The number of ether oxygens (including phenoxy) is 1. The second-order valence-corrected chi connectivity index (χ2v) is 5.09. The molecule has 2 N–H and O–H groups in total. The number of amides is 1. The third kappa shape index (κ3) is 3.73. The Morgan fingerprint density at radius 2 is 2.05 bits per heavy atom. The molecule has 20 heavy (non-hydrogen) atoms. The number of benzene rings is 1. The van der Waals surface area contributed by atoms with Gasteiger partial charge in [0.1, 0.15) is 5.75 Å². The summed E-state index contributed by atoms with van der Waals surface area (Å²) in [5.41, 5.74) is 6.73. The molecule has 1 rings (SSSR count). The second-order valence-electron chi connectivity index (χ2n) is 5.09. The van der Waals surface area contributed by atoms with E-state index in [1.165, 1.54) is 0 Å². The van der Waals surface area contributed by atoms with Crippen LogP contribution in [-0.2, 0) is 4.79 Å². The van der Waals surface area contributed by atoms with E-state index in [9.17, 15) is 4.79 Å². The van der Waals surface area contributed by atoms with Crippen LogP contribution in [0.5, 0.6) is 5.75 Å². The number of hydrogen-bond donors (Lipinski definition) is 1. The highest BCUT2D eigenvalue weighted by atomic mass is 16.5. The third-order valence-electron chi connectivity index (χ3n) is 3.79. The Morgan fingerprint density at radius 3 is 2.60 bits per heavy atom. The highest BCUT2D eigenvalue weighted by Gasteiger charge is 2.25. The molecule has 0 aliphatic heterocycles. The van der Waals surface area contributed by atoms with Crippen molar-refractivity contribution in [3.63, 3.8) is 0 Å². The molecule has 0 spiro atoms. The summed E-state index contributed by atoms with van der Waals surface area (Å²) in [4.78, 5) is 14.3. The van der Waals surface area contributed by atoms with E-state index in [4.69, 9.17) is 10.5 Å². The topological polar surface area (TPSA) is 55.6 Å². The van der Waals surface area contributed by atoms with Crippen LogP contribution in [0.3, 0.4) is 0 Å². The molecule has 0 fully saturated rings.